The van der Waals surface area contributed by atoms with Crippen LogP contribution in [0.2, 0.25) is 0 Å². The monoisotopic (exact) mass is 192 g/mol. The maximum atomic E-state index is 9.02. The smallest absolute Gasteiger partial charge is 0.172 e. The van der Waals surface area contributed by atoms with Crippen LogP contribution in [-0.2, 0) is 23.7 Å². The SMILES string of the molecule is O=[C]=[Fe]=[C]=O.[CH3-].c1cc[cH-]c1. The Balaban J connectivity index is 0. The molecule has 0 spiro atoms. The Morgan fingerprint density at radius 3 is 1.64 bits per heavy atom. The molecule has 1 aromatic carbocycles. The Kier molecular flexibility index (Phi) is 13.6. The van der Waals surface area contributed by atoms with Gasteiger partial charge in [0.15, 0.2) is 0 Å². The van der Waals surface area contributed by atoms with Crippen molar-refractivity contribution < 1.29 is 23.7 Å². The second-order valence-electron chi connectivity index (χ2n) is 1.19. The first-order valence-electron chi connectivity index (χ1n) is 2.43. The summed E-state index contributed by atoms with van der Waals surface area (Å²) in [7, 11) is 0. The van der Waals surface area contributed by atoms with E-state index in [0.29, 0.717) is 0 Å². The van der Waals surface area contributed by atoms with E-state index in [2.05, 4.69) is 0 Å². The van der Waals surface area contributed by atoms with Gasteiger partial charge in [0.1, 0.15) is 0 Å². The quantitative estimate of drug-likeness (QED) is 0.454. The largest absolute Gasteiger partial charge is 0.358 e. The zero-order valence-electron chi connectivity index (χ0n) is 6.06. The molecule has 0 radical (unpaired) electrons. The molecule has 0 aliphatic carbocycles. The minimum Gasteiger partial charge on any atom is -0.358 e. The van der Waals surface area contributed by atoms with E-state index in [1.54, 1.807) is 0 Å². The van der Waals surface area contributed by atoms with Gasteiger partial charge < -0.3 is 7.43 Å². The Morgan fingerprint density at radius 1 is 1.09 bits per heavy atom. The fraction of sp³-hybridized carbons (Fsp3) is 0. The van der Waals surface area contributed by atoms with Gasteiger partial charge in [0.2, 0.25) is 0 Å². The first-order valence-corrected chi connectivity index (χ1v) is 3.53. The van der Waals surface area contributed by atoms with Crippen molar-refractivity contribution in [3.63, 3.8) is 0 Å². The van der Waals surface area contributed by atoms with E-state index >= 15 is 0 Å². The van der Waals surface area contributed by atoms with Crippen molar-refractivity contribution in [1.29, 1.82) is 0 Å². The molecule has 0 N–H and O–H groups in total. The maximum Gasteiger partial charge on any atom is -0.172 e. The molecule has 0 saturated heterocycles. The topological polar surface area (TPSA) is 34.1 Å². The molecule has 3 heteroatoms. The van der Waals surface area contributed by atoms with Gasteiger partial charge in [0.25, 0.3) is 0 Å². The van der Waals surface area contributed by atoms with E-state index in [9.17, 15) is 0 Å². The molecule has 0 aliphatic rings. The second kappa shape index (κ2) is 11.8. The molecule has 0 fully saturated rings. The van der Waals surface area contributed by atoms with Crippen molar-refractivity contribution in [3.05, 3.63) is 37.8 Å². The molecule has 62 valence electrons. The van der Waals surface area contributed by atoms with Gasteiger partial charge in [-0.3, -0.25) is 0 Å². The summed E-state index contributed by atoms with van der Waals surface area (Å²) in [6, 6.07) is 10.0. The zero-order valence-corrected chi connectivity index (χ0v) is 7.16. The maximum absolute atomic E-state index is 9.02. The molecule has 1 rings (SSSR count). The third-order valence-electron chi connectivity index (χ3n) is 0.628. The van der Waals surface area contributed by atoms with Crippen molar-refractivity contribution in [2.45, 2.75) is 0 Å². The summed E-state index contributed by atoms with van der Waals surface area (Å²) in [4.78, 5) is 20.7. The number of hydrogen-bond acceptors (Lipinski definition) is 2. The summed E-state index contributed by atoms with van der Waals surface area (Å²) in [6.45, 7) is 0. The van der Waals surface area contributed by atoms with Crippen LogP contribution in [0.3, 0.4) is 0 Å². The molecule has 0 unspecified atom stereocenters. The number of hydrogen-bond donors (Lipinski definition) is 0. The molecule has 0 bridgehead atoms. The van der Waals surface area contributed by atoms with Gasteiger partial charge in [-0.25, -0.2) is 12.1 Å². The van der Waals surface area contributed by atoms with Crippen molar-refractivity contribution in [1.82, 2.24) is 0 Å². The molecule has 0 aliphatic heterocycles. The summed E-state index contributed by atoms with van der Waals surface area (Å²) in [5.74, 6) is 0. The average molecular weight is 192 g/mol. The normalized spacial score (nSPS) is 5.82. The standard InChI is InChI=1S/C5H5.2CO.CH3.Fe/c1-2-4-5-3-1;2*1-2;;/h1-5H;;;1H3;/q-1;;;-1;. The Morgan fingerprint density at radius 2 is 1.55 bits per heavy atom. The zero-order chi connectivity index (χ0) is 7.66. The van der Waals surface area contributed by atoms with Gasteiger partial charge in [-0.15, -0.1) is 0 Å². The Labute approximate surface area is 71.5 Å². The van der Waals surface area contributed by atoms with E-state index in [4.69, 9.17) is 9.59 Å². The predicted octanol–water partition coefficient (Wildman–Crippen LogP) is 1.06. The average Bonchev–Trinajstić information content (AvgIpc) is 2.44. The number of carbonyl (C=O) groups excluding carboxylic acids is 2. The fourth-order valence-electron chi connectivity index (χ4n) is 0.335. The van der Waals surface area contributed by atoms with Crippen LogP contribution in [0.4, 0.5) is 0 Å². The van der Waals surface area contributed by atoms with Crippen molar-refractivity contribution in [2.75, 3.05) is 0 Å². The van der Waals surface area contributed by atoms with Gasteiger partial charge in [0.05, 0.1) is 0 Å². The van der Waals surface area contributed by atoms with Crippen molar-refractivity contribution in [2.24, 2.45) is 0 Å². The van der Waals surface area contributed by atoms with E-state index in [-0.39, 0.29) is 21.5 Å². The minimum atomic E-state index is -0.222. The van der Waals surface area contributed by atoms with Gasteiger partial charge >= 0.3 is 33.2 Å². The van der Waals surface area contributed by atoms with Crippen LogP contribution in [-0.4, -0.2) is 9.57 Å². The third-order valence-corrected chi connectivity index (χ3v) is 0.853. The van der Waals surface area contributed by atoms with E-state index in [1.165, 1.54) is 9.57 Å². The molecule has 0 amide bonds. The Hall–Kier alpha value is -0.971. The van der Waals surface area contributed by atoms with Crippen LogP contribution in [0, 0.1) is 7.43 Å². The van der Waals surface area contributed by atoms with Crippen molar-refractivity contribution >= 4 is 9.57 Å². The molecular formula is C8H8FeO2-2. The number of rotatable bonds is 0. The Bertz CT molecular complexity index is 218. The minimum absolute atomic E-state index is 0. The van der Waals surface area contributed by atoms with Gasteiger partial charge in [-0.05, 0) is 0 Å². The molecule has 0 heterocycles. The van der Waals surface area contributed by atoms with Crippen LogP contribution < -0.4 is 0 Å². The van der Waals surface area contributed by atoms with E-state index in [1.807, 2.05) is 30.3 Å². The van der Waals surface area contributed by atoms with Crippen LogP contribution in [0.25, 0.3) is 0 Å². The molecular weight excluding hydrogens is 184 g/mol. The van der Waals surface area contributed by atoms with Gasteiger partial charge in [-0.1, -0.05) is 0 Å². The van der Waals surface area contributed by atoms with Crippen LogP contribution in [0.1, 0.15) is 0 Å². The van der Waals surface area contributed by atoms with Gasteiger partial charge in [0, 0.05) is 0 Å². The summed E-state index contributed by atoms with van der Waals surface area (Å²) in [5.41, 5.74) is 0. The van der Waals surface area contributed by atoms with Crippen LogP contribution in [0.15, 0.2) is 30.3 Å². The molecule has 1 aromatic rings. The predicted molar refractivity (Wildman–Crippen MR) is 39.8 cm³/mol. The van der Waals surface area contributed by atoms with Crippen molar-refractivity contribution in [3.8, 4) is 0 Å². The van der Waals surface area contributed by atoms with Gasteiger partial charge in [-0.2, -0.15) is 18.2 Å². The van der Waals surface area contributed by atoms with Crippen LogP contribution in [0.5, 0.6) is 0 Å². The fourth-order valence-corrected chi connectivity index (χ4v) is 0.381. The molecule has 0 aromatic heterocycles. The first-order chi connectivity index (χ1) is 4.91. The molecule has 0 saturated carbocycles. The summed E-state index contributed by atoms with van der Waals surface area (Å²) >= 11 is -0.222. The second-order valence-corrected chi connectivity index (χ2v) is 1.92. The summed E-state index contributed by atoms with van der Waals surface area (Å²) in [6.07, 6.45) is 0. The van der Waals surface area contributed by atoms with E-state index < -0.39 is 0 Å². The third kappa shape index (κ3) is 12.3. The molecule has 11 heavy (non-hydrogen) atoms. The summed E-state index contributed by atoms with van der Waals surface area (Å²) < 4.78 is 0. The molecule has 0 atom stereocenters. The summed E-state index contributed by atoms with van der Waals surface area (Å²) in [5, 5.41) is 0. The first kappa shape index (κ1) is 12.7. The van der Waals surface area contributed by atoms with Crippen LogP contribution >= 0.6 is 0 Å². The molecule has 2 nitrogen and oxygen atoms in total. The van der Waals surface area contributed by atoms with E-state index in [0.717, 1.165) is 0 Å².